The Morgan fingerprint density at radius 1 is 0.951 bits per heavy atom. The number of carbonyl (C=O) groups excluding carboxylic acids is 1. The summed E-state index contributed by atoms with van der Waals surface area (Å²) in [4.78, 5) is 31.9. The number of anilines is 1. The molecule has 0 spiro atoms. The molecule has 1 amide bonds. The Morgan fingerprint density at radius 3 is 2.51 bits per heavy atom. The highest BCUT2D eigenvalue weighted by Gasteiger charge is 2.20. The molecule has 0 atom stereocenters. The number of nitrogens with two attached hydrogens (primary N) is 2. The van der Waals surface area contributed by atoms with Crippen molar-refractivity contribution in [2.75, 3.05) is 12.8 Å². The molecule has 0 unspecified atom stereocenters. The number of rotatable bonds is 5. The van der Waals surface area contributed by atoms with Crippen LogP contribution >= 0.6 is 0 Å². The largest absolute Gasteiger partial charge is 0.467 e. The fraction of sp³-hybridized carbons (Fsp3) is 0.138. The zero-order valence-electron chi connectivity index (χ0n) is 22.2. The number of nitrogens with zero attached hydrogens (tertiary/aromatic N) is 8. The number of primary amides is 1. The second kappa shape index (κ2) is 10.8. The van der Waals surface area contributed by atoms with Crippen LogP contribution < -0.4 is 16.2 Å². The van der Waals surface area contributed by atoms with Gasteiger partial charge in [0.2, 0.25) is 0 Å². The number of imidazole rings is 1. The van der Waals surface area contributed by atoms with Gasteiger partial charge in [0, 0.05) is 36.7 Å². The Labute approximate surface area is 234 Å². The molecule has 5 heterocycles. The second-order valence-electron chi connectivity index (χ2n) is 9.30. The third-order valence-electron chi connectivity index (χ3n) is 6.74. The maximum Gasteiger partial charge on any atom is 0.316 e. The van der Waals surface area contributed by atoms with Crippen LogP contribution in [0.25, 0.3) is 34.1 Å². The van der Waals surface area contributed by atoms with Gasteiger partial charge in [0.05, 0.1) is 18.2 Å². The lowest BCUT2D eigenvalue weighted by atomic mass is 10.1. The summed E-state index contributed by atoms with van der Waals surface area (Å²) in [5.41, 5.74) is 17.6. The molecule has 5 aromatic heterocycles. The van der Waals surface area contributed by atoms with Crippen LogP contribution in [0.3, 0.4) is 0 Å². The molecule has 0 fully saturated rings. The number of carbonyl (C=O) groups is 1. The third kappa shape index (κ3) is 5.05. The van der Waals surface area contributed by atoms with Crippen molar-refractivity contribution in [3.8, 4) is 28.9 Å². The molecule has 0 aliphatic heterocycles. The molecular weight excluding hydrogens is 520 g/mol. The molecule has 7 rings (SSSR count). The van der Waals surface area contributed by atoms with Gasteiger partial charge in [-0.1, -0.05) is 6.07 Å². The van der Waals surface area contributed by atoms with Gasteiger partial charge >= 0.3 is 6.01 Å². The highest BCUT2D eigenvalue weighted by molar-refractivity contribution is 5.92. The van der Waals surface area contributed by atoms with Crippen LogP contribution in [-0.4, -0.2) is 52.3 Å². The molecule has 12 heteroatoms. The van der Waals surface area contributed by atoms with Crippen LogP contribution in [-0.2, 0) is 12.8 Å². The first kappa shape index (κ1) is 25.6. The summed E-state index contributed by atoms with van der Waals surface area (Å²) in [6.45, 7) is 0. The molecule has 1 aromatic carbocycles. The molecule has 1 aliphatic carbocycles. The van der Waals surface area contributed by atoms with Crippen molar-refractivity contribution in [1.82, 2.24) is 39.3 Å². The number of ether oxygens (including phenoxy) is 1. The van der Waals surface area contributed by atoms with Crippen molar-refractivity contribution in [1.29, 1.82) is 0 Å². The molecular formula is C29H26N10O2. The van der Waals surface area contributed by atoms with E-state index in [0.29, 0.717) is 5.82 Å². The number of methoxy groups -OCH3 is 1. The average Bonchev–Trinajstić information content (AvgIpc) is 3.77. The average molecular weight is 547 g/mol. The molecule has 4 N–H and O–H groups in total. The predicted octanol–water partition coefficient (Wildman–Crippen LogP) is 3.32. The quantitative estimate of drug-likeness (QED) is 0.330. The van der Waals surface area contributed by atoms with E-state index in [0.717, 1.165) is 46.9 Å². The van der Waals surface area contributed by atoms with Gasteiger partial charge in [-0.15, -0.1) is 0 Å². The zero-order chi connectivity index (χ0) is 28.3. The normalized spacial score (nSPS) is 12.0. The van der Waals surface area contributed by atoms with Gasteiger partial charge in [0.1, 0.15) is 11.3 Å². The van der Waals surface area contributed by atoms with Gasteiger partial charge in [-0.25, -0.2) is 29.6 Å². The van der Waals surface area contributed by atoms with E-state index in [1.54, 1.807) is 17.1 Å². The van der Waals surface area contributed by atoms with Gasteiger partial charge in [0.15, 0.2) is 17.3 Å². The van der Waals surface area contributed by atoms with Crippen LogP contribution in [0.15, 0.2) is 79.5 Å². The van der Waals surface area contributed by atoms with Crippen LogP contribution in [0.4, 0.5) is 5.82 Å². The first-order valence-electron chi connectivity index (χ1n) is 12.9. The van der Waals surface area contributed by atoms with Gasteiger partial charge in [0.25, 0.3) is 5.91 Å². The van der Waals surface area contributed by atoms with Crippen molar-refractivity contribution in [3.63, 3.8) is 0 Å². The summed E-state index contributed by atoms with van der Waals surface area (Å²) < 4.78 is 8.50. The van der Waals surface area contributed by atoms with Crippen LogP contribution in [0.2, 0.25) is 0 Å². The molecule has 0 saturated heterocycles. The third-order valence-corrected chi connectivity index (χ3v) is 6.74. The number of amides is 1. The Hall–Kier alpha value is -5.65. The summed E-state index contributed by atoms with van der Waals surface area (Å²) >= 11 is 0. The number of nitrogen functional groups attached to an aromatic ring is 1. The molecule has 41 heavy (non-hydrogen) atoms. The number of benzene rings is 1. The molecule has 0 bridgehead atoms. The lowest BCUT2D eigenvalue weighted by molar-refractivity contribution is 0.0999. The minimum absolute atomic E-state index is 0.218. The Morgan fingerprint density at radius 2 is 1.78 bits per heavy atom. The first-order valence-corrected chi connectivity index (χ1v) is 12.9. The first-order chi connectivity index (χ1) is 20.0. The van der Waals surface area contributed by atoms with E-state index in [9.17, 15) is 4.79 Å². The number of aryl methyl sites for hydroxylation is 2. The molecule has 1 aliphatic rings. The van der Waals surface area contributed by atoms with E-state index >= 15 is 0 Å². The van der Waals surface area contributed by atoms with Gasteiger partial charge in [-0.2, -0.15) is 5.10 Å². The number of hydrogen-bond acceptors (Lipinski definition) is 9. The van der Waals surface area contributed by atoms with Crippen molar-refractivity contribution in [2.24, 2.45) is 5.73 Å². The predicted molar refractivity (Wildman–Crippen MR) is 153 cm³/mol. The number of pyridine rings is 2. The maximum absolute atomic E-state index is 10.5. The van der Waals surface area contributed by atoms with Crippen molar-refractivity contribution >= 4 is 22.9 Å². The highest BCUT2D eigenvalue weighted by Crippen LogP contribution is 2.32. The number of hydrogen-bond donors (Lipinski definition) is 2. The minimum Gasteiger partial charge on any atom is -0.467 e. The molecule has 204 valence electrons. The minimum atomic E-state index is -0.548. The van der Waals surface area contributed by atoms with Crippen LogP contribution in [0, 0.1) is 0 Å². The summed E-state index contributed by atoms with van der Waals surface area (Å²) in [5.74, 6) is 1.37. The summed E-state index contributed by atoms with van der Waals surface area (Å²) in [7, 11) is 1.44. The second-order valence-corrected chi connectivity index (χ2v) is 9.30. The smallest absolute Gasteiger partial charge is 0.316 e. The summed E-state index contributed by atoms with van der Waals surface area (Å²) in [5, 5.41) is 4.32. The van der Waals surface area contributed by atoms with Gasteiger partial charge in [-0.05, 0) is 72.9 Å². The van der Waals surface area contributed by atoms with E-state index in [2.05, 4.69) is 47.6 Å². The summed E-state index contributed by atoms with van der Waals surface area (Å²) in [6, 6.07) is 16.4. The SMILES string of the molecule is COc1ncc(C(N)=O)cn1.Nc1ncccc1-c1nc2ccc(-n3cccn3)nc2n1-c1ccc2c(c1)CCC2. The van der Waals surface area contributed by atoms with Crippen molar-refractivity contribution in [2.45, 2.75) is 19.3 Å². The fourth-order valence-electron chi connectivity index (χ4n) is 4.76. The van der Waals surface area contributed by atoms with Crippen molar-refractivity contribution in [3.05, 3.63) is 96.2 Å². The fourth-order valence-corrected chi connectivity index (χ4v) is 4.76. The summed E-state index contributed by atoms with van der Waals surface area (Å²) in [6.07, 6.45) is 11.4. The van der Waals surface area contributed by atoms with Crippen LogP contribution in [0.1, 0.15) is 27.9 Å². The monoisotopic (exact) mass is 546 g/mol. The lowest BCUT2D eigenvalue weighted by Gasteiger charge is -2.12. The van der Waals surface area contributed by atoms with E-state index in [4.69, 9.17) is 21.4 Å². The lowest BCUT2D eigenvalue weighted by Crippen LogP contribution is -2.11. The van der Waals surface area contributed by atoms with E-state index in [1.807, 2.05) is 36.5 Å². The number of aromatic nitrogens is 8. The molecule has 0 saturated carbocycles. The van der Waals surface area contributed by atoms with Crippen LogP contribution in [0.5, 0.6) is 6.01 Å². The van der Waals surface area contributed by atoms with E-state index < -0.39 is 5.91 Å². The van der Waals surface area contributed by atoms with Gasteiger partial charge < -0.3 is 16.2 Å². The zero-order valence-corrected chi connectivity index (χ0v) is 22.2. The van der Waals surface area contributed by atoms with Crippen molar-refractivity contribution < 1.29 is 9.53 Å². The molecule has 0 radical (unpaired) electrons. The van der Waals surface area contributed by atoms with E-state index in [-0.39, 0.29) is 11.6 Å². The Kier molecular flexibility index (Phi) is 6.78. The van der Waals surface area contributed by atoms with Gasteiger partial charge in [-0.3, -0.25) is 9.36 Å². The number of fused-ring (bicyclic) bond motifs is 2. The standard InChI is InChI=1S/C23H19N7.C6H7N3O2/c24-21-18(6-2-11-25-21)22-27-19-9-10-20(29-13-3-12-26-29)28-23(19)30(22)17-8-7-15-4-1-5-16(15)14-17;1-11-6-8-2-4(3-9-6)5(7)10/h2-3,6-14H,1,4-5H2,(H2,24,25);2-3H,1H3,(H2,7,10). The Bertz CT molecular complexity index is 1850. The maximum atomic E-state index is 10.5. The molecule has 6 aromatic rings. The molecule has 12 nitrogen and oxygen atoms in total. The topological polar surface area (TPSA) is 166 Å². The highest BCUT2D eigenvalue weighted by atomic mass is 16.5. The van der Waals surface area contributed by atoms with E-state index in [1.165, 1.54) is 37.1 Å². The Balaban J connectivity index is 0.000000233.